The van der Waals surface area contributed by atoms with E-state index in [4.69, 9.17) is 18.9 Å². The fourth-order valence-corrected chi connectivity index (χ4v) is 3.11. The number of benzene rings is 3. The lowest BCUT2D eigenvalue weighted by atomic mass is 10.1. The van der Waals surface area contributed by atoms with Gasteiger partial charge >= 0.3 is 0 Å². The van der Waals surface area contributed by atoms with Crippen molar-refractivity contribution in [2.45, 2.75) is 6.61 Å². The molecule has 0 atom stereocenters. The zero-order valence-corrected chi connectivity index (χ0v) is 16.2. The predicted octanol–water partition coefficient (Wildman–Crippen LogP) is 4.90. The van der Waals surface area contributed by atoms with Gasteiger partial charge in [-0.25, -0.2) is 0 Å². The average molecular weight is 388 g/mol. The summed E-state index contributed by atoms with van der Waals surface area (Å²) in [4.78, 5) is 12.7. The number of methoxy groups -OCH3 is 2. The quantitative estimate of drug-likeness (QED) is 0.562. The number of carbonyl (C=O) groups excluding carboxylic acids is 1. The monoisotopic (exact) mass is 388 g/mol. The first-order chi connectivity index (χ1) is 14.2. The molecule has 4 rings (SSSR count). The topological polar surface area (TPSA) is 54.0 Å². The third kappa shape index (κ3) is 3.94. The Bertz CT molecular complexity index is 1080. The summed E-state index contributed by atoms with van der Waals surface area (Å²) < 4.78 is 22.2. The molecule has 0 aliphatic carbocycles. The SMILES string of the molecule is COc1cccc(COc2ccc3c(c2)O/C(=C\c2ccccc2OC)C3=O)c1. The molecular formula is C24H20O5. The fourth-order valence-electron chi connectivity index (χ4n) is 3.11. The van der Waals surface area contributed by atoms with Crippen molar-refractivity contribution in [3.05, 3.63) is 89.2 Å². The van der Waals surface area contributed by atoms with Gasteiger partial charge in [0, 0.05) is 11.6 Å². The van der Waals surface area contributed by atoms with Gasteiger partial charge in [0.1, 0.15) is 29.6 Å². The Morgan fingerprint density at radius 1 is 0.897 bits per heavy atom. The molecule has 146 valence electrons. The van der Waals surface area contributed by atoms with E-state index in [0.29, 0.717) is 29.4 Å². The largest absolute Gasteiger partial charge is 0.497 e. The molecule has 1 heterocycles. The van der Waals surface area contributed by atoms with Gasteiger partial charge in [0.2, 0.25) is 5.78 Å². The number of fused-ring (bicyclic) bond motifs is 1. The number of Topliss-reactive ketones (excluding diaryl/α,β-unsaturated/α-hetero) is 1. The smallest absolute Gasteiger partial charge is 0.231 e. The fraction of sp³-hybridized carbons (Fsp3) is 0.125. The Hall–Kier alpha value is -3.73. The van der Waals surface area contributed by atoms with Crippen LogP contribution in [0.15, 0.2) is 72.5 Å². The lowest BCUT2D eigenvalue weighted by Gasteiger charge is -2.08. The van der Waals surface area contributed by atoms with Gasteiger partial charge in [-0.2, -0.15) is 0 Å². The van der Waals surface area contributed by atoms with Gasteiger partial charge in [-0.05, 0) is 42.0 Å². The van der Waals surface area contributed by atoms with E-state index in [0.717, 1.165) is 16.9 Å². The molecule has 1 aliphatic rings. The summed E-state index contributed by atoms with van der Waals surface area (Å²) in [5.41, 5.74) is 2.28. The summed E-state index contributed by atoms with van der Waals surface area (Å²) >= 11 is 0. The van der Waals surface area contributed by atoms with E-state index in [9.17, 15) is 4.79 Å². The number of rotatable bonds is 6. The highest BCUT2D eigenvalue weighted by Crippen LogP contribution is 2.36. The summed E-state index contributed by atoms with van der Waals surface area (Å²) in [6.45, 7) is 0.383. The zero-order valence-electron chi connectivity index (χ0n) is 16.2. The summed E-state index contributed by atoms with van der Waals surface area (Å²) in [5.74, 6) is 2.66. The van der Waals surface area contributed by atoms with Crippen molar-refractivity contribution in [3.63, 3.8) is 0 Å². The summed E-state index contributed by atoms with van der Waals surface area (Å²) in [6.07, 6.45) is 1.69. The van der Waals surface area contributed by atoms with Crippen LogP contribution in [0.25, 0.3) is 6.08 Å². The first-order valence-corrected chi connectivity index (χ1v) is 9.15. The minimum atomic E-state index is -0.162. The number of ketones is 1. The Balaban J connectivity index is 1.52. The second-order valence-electron chi connectivity index (χ2n) is 6.48. The van der Waals surface area contributed by atoms with Crippen molar-refractivity contribution in [3.8, 4) is 23.0 Å². The molecule has 0 saturated heterocycles. The van der Waals surface area contributed by atoms with E-state index in [2.05, 4.69) is 0 Å². The number of allylic oxidation sites excluding steroid dienone is 1. The Labute approximate surface area is 169 Å². The standard InChI is InChI=1S/C24H20O5/c1-26-18-8-5-6-16(12-18)15-28-19-10-11-20-22(14-19)29-23(24(20)25)13-17-7-3-4-9-21(17)27-2/h3-14H,15H2,1-2H3/b23-13-. The molecule has 1 aliphatic heterocycles. The second-order valence-corrected chi connectivity index (χ2v) is 6.48. The minimum absolute atomic E-state index is 0.162. The van der Waals surface area contributed by atoms with Crippen LogP contribution in [0.3, 0.4) is 0 Å². The molecule has 0 unspecified atom stereocenters. The van der Waals surface area contributed by atoms with Crippen molar-refractivity contribution < 1.29 is 23.7 Å². The lowest BCUT2D eigenvalue weighted by molar-refractivity contribution is 0.101. The Morgan fingerprint density at radius 3 is 2.59 bits per heavy atom. The summed E-state index contributed by atoms with van der Waals surface area (Å²) in [6, 6.07) is 20.4. The molecule has 5 heteroatoms. The molecule has 0 radical (unpaired) electrons. The molecule has 5 nitrogen and oxygen atoms in total. The van der Waals surface area contributed by atoms with Crippen molar-refractivity contribution >= 4 is 11.9 Å². The Kier molecular flexibility index (Phi) is 5.20. The van der Waals surface area contributed by atoms with Crippen LogP contribution in [0.4, 0.5) is 0 Å². The van der Waals surface area contributed by atoms with Crippen LogP contribution < -0.4 is 18.9 Å². The molecular weight excluding hydrogens is 368 g/mol. The van der Waals surface area contributed by atoms with E-state index >= 15 is 0 Å². The van der Waals surface area contributed by atoms with Crippen molar-refractivity contribution in [2.75, 3.05) is 14.2 Å². The van der Waals surface area contributed by atoms with E-state index in [1.54, 1.807) is 38.5 Å². The lowest BCUT2D eigenvalue weighted by Crippen LogP contribution is -1.98. The van der Waals surface area contributed by atoms with Crippen LogP contribution in [0.5, 0.6) is 23.0 Å². The second kappa shape index (κ2) is 8.10. The van der Waals surface area contributed by atoms with Crippen LogP contribution >= 0.6 is 0 Å². The number of para-hydroxylation sites is 1. The van der Waals surface area contributed by atoms with Crippen molar-refractivity contribution in [1.82, 2.24) is 0 Å². The van der Waals surface area contributed by atoms with Crippen molar-refractivity contribution in [2.24, 2.45) is 0 Å². The van der Waals surface area contributed by atoms with Crippen LogP contribution in [-0.4, -0.2) is 20.0 Å². The summed E-state index contributed by atoms with van der Waals surface area (Å²) in [7, 11) is 3.22. The highest BCUT2D eigenvalue weighted by Gasteiger charge is 2.28. The predicted molar refractivity (Wildman–Crippen MR) is 110 cm³/mol. The van der Waals surface area contributed by atoms with Gasteiger partial charge in [0.05, 0.1) is 19.8 Å². The number of ether oxygens (including phenoxy) is 4. The molecule has 0 fully saturated rings. The van der Waals surface area contributed by atoms with Crippen LogP contribution in [0.2, 0.25) is 0 Å². The van der Waals surface area contributed by atoms with Crippen LogP contribution in [-0.2, 0) is 6.61 Å². The van der Waals surface area contributed by atoms with Gasteiger partial charge in [-0.3, -0.25) is 4.79 Å². The number of carbonyl (C=O) groups is 1. The maximum atomic E-state index is 12.7. The Morgan fingerprint density at radius 2 is 1.76 bits per heavy atom. The van der Waals surface area contributed by atoms with Gasteiger partial charge in [-0.1, -0.05) is 30.3 Å². The molecule has 29 heavy (non-hydrogen) atoms. The van der Waals surface area contributed by atoms with Crippen LogP contribution in [0, 0.1) is 0 Å². The highest BCUT2D eigenvalue weighted by atomic mass is 16.5. The van der Waals surface area contributed by atoms with Gasteiger partial charge < -0.3 is 18.9 Å². The third-order valence-corrected chi connectivity index (χ3v) is 4.61. The van der Waals surface area contributed by atoms with E-state index in [1.165, 1.54) is 0 Å². The number of hydrogen-bond donors (Lipinski definition) is 0. The molecule has 0 saturated carbocycles. The summed E-state index contributed by atoms with van der Waals surface area (Å²) in [5, 5.41) is 0. The maximum absolute atomic E-state index is 12.7. The molecule has 0 spiro atoms. The first kappa shape index (κ1) is 18.6. The van der Waals surface area contributed by atoms with E-state index < -0.39 is 0 Å². The molecule has 0 bridgehead atoms. The molecule has 3 aromatic carbocycles. The van der Waals surface area contributed by atoms with Gasteiger partial charge in [-0.15, -0.1) is 0 Å². The van der Waals surface area contributed by atoms with Crippen molar-refractivity contribution in [1.29, 1.82) is 0 Å². The average Bonchev–Trinajstić information content (AvgIpc) is 3.07. The molecule has 0 amide bonds. The minimum Gasteiger partial charge on any atom is -0.497 e. The molecule has 3 aromatic rings. The molecule has 0 N–H and O–H groups in total. The first-order valence-electron chi connectivity index (χ1n) is 9.15. The maximum Gasteiger partial charge on any atom is 0.231 e. The molecule has 0 aromatic heterocycles. The zero-order chi connectivity index (χ0) is 20.2. The van der Waals surface area contributed by atoms with Gasteiger partial charge in [0.15, 0.2) is 5.76 Å². The normalized spacial score (nSPS) is 13.7. The van der Waals surface area contributed by atoms with Gasteiger partial charge in [0.25, 0.3) is 0 Å². The third-order valence-electron chi connectivity index (χ3n) is 4.61. The van der Waals surface area contributed by atoms with Crippen LogP contribution in [0.1, 0.15) is 21.5 Å². The highest BCUT2D eigenvalue weighted by molar-refractivity contribution is 6.14. The number of hydrogen-bond acceptors (Lipinski definition) is 5. The van der Waals surface area contributed by atoms with E-state index in [1.807, 2.05) is 48.5 Å². The van der Waals surface area contributed by atoms with E-state index in [-0.39, 0.29) is 11.5 Å².